The highest BCUT2D eigenvalue weighted by atomic mass is 32.1. The Morgan fingerprint density at radius 2 is 1.66 bits per heavy atom. The van der Waals surface area contributed by atoms with Crippen LogP contribution in [0.4, 0.5) is 10.7 Å². The third-order valence-corrected chi connectivity index (χ3v) is 5.71. The van der Waals surface area contributed by atoms with Gasteiger partial charge in [-0.2, -0.15) is 0 Å². The number of thiophene rings is 1. The van der Waals surface area contributed by atoms with Gasteiger partial charge in [-0.15, -0.1) is 11.3 Å². The predicted molar refractivity (Wildman–Crippen MR) is 107 cm³/mol. The number of para-hydroxylation sites is 1. The molecule has 0 atom stereocenters. The van der Waals surface area contributed by atoms with E-state index in [1.807, 2.05) is 0 Å². The molecule has 1 heterocycles. The third kappa shape index (κ3) is 4.29. The molecule has 8 nitrogen and oxygen atoms in total. The van der Waals surface area contributed by atoms with Crippen molar-refractivity contribution in [1.82, 2.24) is 0 Å². The molecular weight excluding hydrogens is 396 g/mol. The van der Waals surface area contributed by atoms with Crippen molar-refractivity contribution in [3.8, 4) is 0 Å². The van der Waals surface area contributed by atoms with Crippen molar-refractivity contribution in [1.29, 1.82) is 0 Å². The number of methoxy groups -OCH3 is 2. The average molecular weight is 416 g/mol. The van der Waals surface area contributed by atoms with Crippen molar-refractivity contribution >= 4 is 45.8 Å². The van der Waals surface area contributed by atoms with E-state index in [9.17, 15) is 19.2 Å². The lowest BCUT2D eigenvalue weighted by Gasteiger charge is -2.09. The smallest absolute Gasteiger partial charge is 0.341 e. The van der Waals surface area contributed by atoms with Crippen LogP contribution in [0.25, 0.3) is 0 Å². The van der Waals surface area contributed by atoms with E-state index in [1.165, 1.54) is 20.3 Å². The second kappa shape index (κ2) is 8.44. The minimum Gasteiger partial charge on any atom is -0.465 e. The summed E-state index contributed by atoms with van der Waals surface area (Å²) in [6, 6.07) is 6.43. The molecule has 1 saturated carbocycles. The van der Waals surface area contributed by atoms with Crippen molar-refractivity contribution in [2.24, 2.45) is 5.92 Å². The maximum atomic E-state index is 12.9. The fraction of sp³-hybridized carbons (Fsp3) is 0.300. The number of carbonyl (C=O) groups is 4. The maximum Gasteiger partial charge on any atom is 0.341 e. The van der Waals surface area contributed by atoms with Gasteiger partial charge in [-0.1, -0.05) is 12.1 Å². The quantitative estimate of drug-likeness (QED) is 0.700. The van der Waals surface area contributed by atoms with Crippen LogP contribution in [0.15, 0.2) is 24.3 Å². The molecule has 9 heteroatoms. The van der Waals surface area contributed by atoms with Gasteiger partial charge in [-0.25, -0.2) is 9.59 Å². The molecule has 1 aromatic carbocycles. The third-order valence-electron chi connectivity index (χ3n) is 4.51. The van der Waals surface area contributed by atoms with Crippen molar-refractivity contribution < 1.29 is 28.7 Å². The standard InChI is InChI=1S/C20H20N2O6S/c1-10-14(20(26)28-3)18(22-16(23)11-8-9-11)29-15(10)17(24)21-13-7-5-4-6-12(13)19(25)27-2/h4-7,11H,8-9H2,1-3H3,(H,21,24)(H,22,23). The van der Waals surface area contributed by atoms with Gasteiger partial charge in [0.1, 0.15) is 5.00 Å². The molecule has 0 unspecified atom stereocenters. The lowest BCUT2D eigenvalue weighted by molar-refractivity contribution is -0.117. The minimum absolute atomic E-state index is 0.0629. The SMILES string of the molecule is COC(=O)c1ccccc1NC(=O)c1sc(NC(=O)C2CC2)c(C(=O)OC)c1C. The second-order valence-electron chi connectivity index (χ2n) is 6.51. The lowest BCUT2D eigenvalue weighted by Crippen LogP contribution is -2.16. The molecule has 1 fully saturated rings. The second-order valence-corrected chi connectivity index (χ2v) is 7.53. The van der Waals surface area contributed by atoms with Crippen LogP contribution in [0, 0.1) is 12.8 Å². The number of rotatable bonds is 6. The summed E-state index contributed by atoms with van der Waals surface area (Å²) in [5.41, 5.74) is 1.02. The first kappa shape index (κ1) is 20.5. The van der Waals surface area contributed by atoms with Crippen molar-refractivity contribution in [2.75, 3.05) is 24.9 Å². The summed E-state index contributed by atoms with van der Waals surface area (Å²) < 4.78 is 9.55. The van der Waals surface area contributed by atoms with Crippen molar-refractivity contribution in [2.45, 2.75) is 19.8 Å². The van der Waals surface area contributed by atoms with Crippen molar-refractivity contribution in [3.63, 3.8) is 0 Å². The van der Waals surface area contributed by atoms with Crippen molar-refractivity contribution in [3.05, 3.63) is 45.8 Å². The number of benzene rings is 1. The first-order valence-electron chi connectivity index (χ1n) is 8.88. The zero-order chi connectivity index (χ0) is 21.1. The van der Waals surface area contributed by atoms with Gasteiger partial charge in [-0.05, 0) is 37.5 Å². The van der Waals surface area contributed by atoms with Gasteiger partial charge in [0.05, 0.1) is 35.9 Å². The highest BCUT2D eigenvalue weighted by molar-refractivity contribution is 7.19. The summed E-state index contributed by atoms with van der Waals surface area (Å²) >= 11 is 0.990. The molecule has 0 spiro atoms. The molecular formula is C20H20N2O6S. The van der Waals surface area contributed by atoms with Gasteiger partial charge in [-0.3, -0.25) is 9.59 Å². The molecule has 2 N–H and O–H groups in total. The number of amides is 2. The Hall–Kier alpha value is -3.20. The number of anilines is 2. The Morgan fingerprint density at radius 3 is 2.28 bits per heavy atom. The van der Waals surface area contributed by atoms with E-state index in [-0.39, 0.29) is 38.5 Å². The Bertz CT molecular complexity index is 993. The van der Waals surface area contributed by atoms with Crippen LogP contribution < -0.4 is 10.6 Å². The number of hydrogen-bond acceptors (Lipinski definition) is 7. The summed E-state index contributed by atoms with van der Waals surface area (Å²) in [5, 5.41) is 5.68. The molecule has 1 aromatic heterocycles. The van der Waals surface area contributed by atoms with Gasteiger partial charge in [0, 0.05) is 5.92 Å². The summed E-state index contributed by atoms with van der Waals surface area (Å²) in [4.78, 5) is 49.4. The zero-order valence-corrected chi connectivity index (χ0v) is 17.0. The maximum absolute atomic E-state index is 12.9. The van der Waals surface area contributed by atoms with Gasteiger partial charge < -0.3 is 20.1 Å². The van der Waals surface area contributed by atoms with E-state index in [1.54, 1.807) is 25.1 Å². The van der Waals surface area contributed by atoms with E-state index >= 15 is 0 Å². The zero-order valence-electron chi connectivity index (χ0n) is 16.2. The average Bonchev–Trinajstić information content (AvgIpc) is 3.52. The van der Waals surface area contributed by atoms with Crippen LogP contribution in [0.2, 0.25) is 0 Å². The summed E-state index contributed by atoms with van der Waals surface area (Å²) in [6.45, 7) is 1.61. The van der Waals surface area contributed by atoms with E-state index < -0.39 is 17.8 Å². The summed E-state index contributed by atoms with van der Waals surface area (Å²) in [7, 11) is 2.49. The molecule has 29 heavy (non-hydrogen) atoms. The van der Waals surface area contributed by atoms with E-state index in [4.69, 9.17) is 9.47 Å². The van der Waals surface area contributed by atoms with Crippen LogP contribution in [0.5, 0.6) is 0 Å². The van der Waals surface area contributed by atoms with E-state index in [0.29, 0.717) is 5.56 Å². The molecule has 1 aliphatic carbocycles. The van der Waals surface area contributed by atoms with Crippen LogP contribution in [0.1, 0.15) is 48.8 Å². The molecule has 0 saturated heterocycles. The molecule has 2 amide bonds. The largest absolute Gasteiger partial charge is 0.465 e. The fourth-order valence-electron chi connectivity index (χ4n) is 2.78. The molecule has 0 bridgehead atoms. The summed E-state index contributed by atoms with van der Waals surface area (Å²) in [5.74, 6) is -1.98. The molecule has 152 valence electrons. The van der Waals surface area contributed by atoms with Crippen LogP contribution in [-0.4, -0.2) is 38.0 Å². The highest BCUT2D eigenvalue weighted by Crippen LogP contribution is 2.37. The van der Waals surface area contributed by atoms with Crippen LogP contribution >= 0.6 is 11.3 Å². The Morgan fingerprint density at radius 1 is 1.00 bits per heavy atom. The molecule has 3 rings (SSSR count). The first-order chi connectivity index (χ1) is 13.9. The first-order valence-corrected chi connectivity index (χ1v) is 9.70. The number of nitrogens with one attached hydrogen (secondary N) is 2. The topological polar surface area (TPSA) is 111 Å². The van der Waals surface area contributed by atoms with E-state index in [0.717, 1.165) is 24.2 Å². The number of ether oxygens (including phenoxy) is 2. The van der Waals surface area contributed by atoms with Gasteiger partial charge in [0.2, 0.25) is 5.91 Å². The van der Waals surface area contributed by atoms with Gasteiger partial charge in [0.25, 0.3) is 5.91 Å². The normalized spacial score (nSPS) is 12.8. The highest BCUT2D eigenvalue weighted by Gasteiger charge is 2.33. The molecule has 1 aliphatic rings. The molecule has 0 radical (unpaired) electrons. The molecule has 0 aliphatic heterocycles. The Kier molecular flexibility index (Phi) is 5.97. The van der Waals surface area contributed by atoms with Gasteiger partial charge in [0.15, 0.2) is 0 Å². The number of hydrogen-bond donors (Lipinski definition) is 2. The van der Waals surface area contributed by atoms with Crippen LogP contribution in [-0.2, 0) is 14.3 Å². The summed E-state index contributed by atoms with van der Waals surface area (Å²) in [6.07, 6.45) is 1.61. The van der Waals surface area contributed by atoms with E-state index in [2.05, 4.69) is 10.6 Å². The number of esters is 2. The monoisotopic (exact) mass is 416 g/mol. The Balaban J connectivity index is 1.93. The van der Waals surface area contributed by atoms with Crippen LogP contribution in [0.3, 0.4) is 0 Å². The minimum atomic E-state index is -0.640. The predicted octanol–water partition coefficient (Wildman–Crippen LogP) is 3.23. The number of carbonyl (C=O) groups excluding carboxylic acids is 4. The fourth-order valence-corrected chi connectivity index (χ4v) is 3.88. The Labute approximate surface area is 171 Å². The lowest BCUT2D eigenvalue weighted by atomic mass is 10.1. The van der Waals surface area contributed by atoms with Gasteiger partial charge >= 0.3 is 11.9 Å². The molecule has 2 aromatic rings.